The minimum absolute atomic E-state index is 0.0332. The van der Waals surface area contributed by atoms with Crippen LogP contribution in [0.3, 0.4) is 0 Å². The van der Waals surface area contributed by atoms with E-state index in [-0.39, 0.29) is 36.2 Å². The molecule has 0 spiro atoms. The topological polar surface area (TPSA) is 107 Å². The van der Waals surface area contributed by atoms with Crippen LogP contribution in [0.4, 0.5) is 0 Å². The van der Waals surface area contributed by atoms with Crippen molar-refractivity contribution < 1.29 is 22.7 Å². The molecule has 1 aliphatic heterocycles. The Morgan fingerprint density at radius 3 is 2.44 bits per heavy atom. The molecule has 1 saturated heterocycles. The highest BCUT2D eigenvalue weighted by molar-refractivity contribution is 7.89. The molecule has 1 fully saturated rings. The van der Waals surface area contributed by atoms with Crippen LogP contribution in [-0.2, 0) is 14.8 Å². The first-order chi connectivity index (χ1) is 12.6. The van der Waals surface area contributed by atoms with Crippen molar-refractivity contribution in [3.63, 3.8) is 0 Å². The van der Waals surface area contributed by atoms with E-state index in [1.807, 2.05) is 26.0 Å². The van der Waals surface area contributed by atoms with Crippen molar-refractivity contribution in [1.82, 2.24) is 4.90 Å². The van der Waals surface area contributed by atoms with E-state index >= 15 is 0 Å². The number of primary sulfonamides is 1. The van der Waals surface area contributed by atoms with Crippen LogP contribution in [0.15, 0.2) is 12.1 Å². The largest absolute Gasteiger partial charge is 0.496 e. The number of carbonyl (C=O) groups excluding carboxylic acids is 2. The molecule has 1 aromatic carbocycles. The van der Waals surface area contributed by atoms with Crippen LogP contribution in [0.5, 0.6) is 5.75 Å². The number of aryl methyl sites for hydroxylation is 2. The molecular formula is C19H28N2O5S. The number of methoxy groups -OCH3 is 1. The Morgan fingerprint density at radius 2 is 1.89 bits per heavy atom. The molecule has 1 aliphatic rings. The van der Waals surface area contributed by atoms with Crippen molar-refractivity contribution in [3.8, 4) is 5.75 Å². The van der Waals surface area contributed by atoms with Crippen molar-refractivity contribution in [3.05, 3.63) is 28.8 Å². The Bertz CT molecular complexity index is 796. The number of ketones is 1. The zero-order chi connectivity index (χ0) is 20.2. The number of Topliss-reactive ketones (excluding diaryl/α,β-unsaturated/α-hetero) is 1. The van der Waals surface area contributed by atoms with Gasteiger partial charge in [-0.1, -0.05) is 0 Å². The highest BCUT2D eigenvalue weighted by Crippen LogP contribution is 2.28. The van der Waals surface area contributed by atoms with Gasteiger partial charge < -0.3 is 9.64 Å². The third-order valence-corrected chi connectivity index (χ3v) is 5.77. The van der Waals surface area contributed by atoms with Crippen molar-refractivity contribution in [1.29, 1.82) is 0 Å². The lowest BCUT2D eigenvalue weighted by Gasteiger charge is -2.32. The lowest BCUT2D eigenvalue weighted by atomic mass is 9.88. The van der Waals surface area contributed by atoms with E-state index in [1.165, 1.54) is 0 Å². The van der Waals surface area contributed by atoms with Crippen LogP contribution in [0.1, 0.15) is 47.2 Å². The first-order valence-corrected chi connectivity index (χ1v) is 10.8. The van der Waals surface area contributed by atoms with Crippen LogP contribution in [0.25, 0.3) is 0 Å². The molecule has 8 heteroatoms. The van der Waals surface area contributed by atoms with Crippen molar-refractivity contribution in [2.24, 2.45) is 11.1 Å². The molecule has 0 saturated carbocycles. The van der Waals surface area contributed by atoms with Gasteiger partial charge in [0, 0.05) is 31.0 Å². The second-order valence-electron chi connectivity index (χ2n) is 7.16. The van der Waals surface area contributed by atoms with Crippen LogP contribution in [0, 0.1) is 19.8 Å². The van der Waals surface area contributed by atoms with Crippen molar-refractivity contribution >= 4 is 21.7 Å². The summed E-state index contributed by atoms with van der Waals surface area (Å²) in [6, 6.07) is 3.67. The summed E-state index contributed by atoms with van der Waals surface area (Å²) in [6.07, 6.45) is 1.82. The molecule has 27 heavy (non-hydrogen) atoms. The van der Waals surface area contributed by atoms with Crippen molar-refractivity contribution in [2.45, 2.75) is 39.5 Å². The summed E-state index contributed by atoms with van der Waals surface area (Å²) < 4.78 is 27.3. The predicted molar refractivity (Wildman–Crippen MR) is 103 cm³/mol. The van der Waals surface area contributed by atoms with Gasteiger partial charge in [0.05, 0.1) is 12.9 Å². The summed E-state index contributed by atoms with van der Waals surface area (Å²) in [5, 5.41) is 4.97. The molecule has 2 rings (SSSR count). The van der Waals surface area contributed by atoms with E-state index in [2.05, 4.69) is 0 Å². The summed E-state index contributed by atoms with van der Waals surface area (Å²) in [6.45, 7) is 4.78. The summed E-state index contributed by atoms with van der Waals surface area (Å²) in [4.78, 5) is 27.0. The molecule has 150 valence electrons. The van der Waals surface area contributed by atoms with Crippen LogP contribution in [0.2, 0.25) is 0 Å². The molecule has 1 aromatic rings. The molecule has 1 heterocycles. The zero-order valence-corrected chi connectivity index (χ0v) is 17.0. The molecule has 0 unspecified atom stereocenters. The van der Waals surface area contributed by atoms with Gasteiger partial charge >= 0.3 is 0 Å². The van der Waals surface area contributed by atoms with Gasteiger partial charge in [0.2, 0.25) is 15.9 Å². The van der Waals surface area contributed by atoms with Crippen LogP contribution < -0.4 is 9.88 Å². The van der Waals surface area contributed by atoms with E-state index in [0.29, 0.717) is 18.7 Å². The maximum atomic E-state index is 12.9. The number of hydrogen-bond acceptors (Lipinski definition) is 5. The molecular weight excluding hydrogens is 368 g/mol. The van der Waals surface area contributed by atoms with E-state index in [0.717, 1.165) is 29.7 Å². The van der Waals surface area contributed by atoms with E-state index in [4.69, 9.17) is 9.88 Å². The SMILES string of the molecule is COc1c(C)cc(C(=O)[C@H]2CCCN(C(=O)CCCS(N)(=O)=O)C2)cc1C. The minimum atomic E-state index is -3.56. The summed E-state index contributed by atoms with van der Waals surface area (Å²) in [5.41, 5.74) is 2.46. The monoisotopic (exact) mass is 396 g/mol. The fourth-order valence-corrected chi connectivity index (χ4v) is 4.20. The fraction of sp³-hybridized carbons (Fsp3) is 0.579. The maximum absolute atomic E-state index is 12.9. The maximum Gasteiger partial charge on any atom is 0.222 e. The molecule has 0 bridgehead atoms. The number of likely N-dealkylation sites (tertiary alicyclic amines) is 1. The second kappa shape index (κ2) is 8.84. The number of rotatable bonds is 7. The third-order valence-electron chi connectivity index (χ3n) is 4.91. The Labute approximate surface area is 160 Å². The van der Waals surface area contributed by atoms with Gasteiger partial charge in [0.15, 0.2) is 5.78 Å². The molecule has 0 radical (unpaired) electrons. The number of benzene rings is 1. The number of ether oxygens (including phenoxy) is 1. The minimum Gasteiger partial charge on any atom is -0.496 e. The second-order valence-corrected chi connectivity index (χ2v) is 8.89. The summed E-state index contributed by atoms with van der Waals surface area (Å²) in [7, 11) is -1.95. The van der Waals surface area contributed by atoms with E-state index < -0.39 is 10.0 Å². The Morgan fingerprint density at radius 1 is 1.26 bits per heavy atom. The Hall–Kier alpha value is -1.93. The van der Waals surface area contributed by atoms with Gasteiger partial charge in [-0.05, 0) is 56.4 Å². The number of hydrogen-bond donors (Lipinski definition) is 1. The van der Waals surface area contributed by atoms with Gasteiger partial charge in [0.25, 0.3) is 0 Å². The van der Waals surface area contributed by atoms with Crippen molar-refractivity contribution in [2.75, 3.05) is 26.0 Å². The lowest BCUT2D eigenvalue weighted by Crippen LogP contribution is -2.42. The lowest BCUT2D eigenvalue weighted by molar-refractivity contribution is -0.132. The molecule has 7 nitrogen and oxygen atoms in total. The van der Waals surface area contributed by atoms with Gasteiger partial charge in [-0.25, -0.2) is 13.6 Å². The van der Waals surface area contributed by atoms with Gasteiger partial charge in [-0.2, -0.15) is 0 Å². The van der Waals surface area contributed by atoms with Gasteiger partial charge in [0.1, 0.15) is 5.75 Å². The molecule has 2 N–H and O–H groups in total. The smallest absolute Gasteiger partial charge is 0.222 e. The normalized spacial score (nSPS) is 17.6. The predicted octanol–water partition coefficient (Wildman–Crippen LogP) is 1.80. The van der Waals surface area contributed by atoms with Gasteiger partial charge in [-0.15, -0.1) is 0 Å². The van der Waals surface area contributed by atoms with E-state index in [9.17, 15) is 18.0 Å². The molecule has 1 amide bonds. The average Bonchev–Trinajstić information content (AvgIpc) is 2.59. The molecule has 1 atom stereocenters. The number of carbonyl (C=O) groups is 2. The number of sulfonamides is 1. The number of piperidine rings is 1. The fourth-order valence-electron chi connectivity index (χ4n) is 3.65. The first-order valence-electron chi connectivity index (χ1n) is 9.10. The summed E-state index contributed by atoms with van der Waals surface area (Å²) in [5.74, 6) is 0.235. The first kappa shape index (κ1) is 21.4. The average molecular weight is 397 g/mol. The Kier molecular flexibility index (Phi) is 7.00. The number of amides is 1. The zero-order valence-electron chi connectivity index (χ0n) is 16.2. The highest BCUT2D eigenvalue weighted by atomic mass is 32.2. The molecule has 0 aliphatic carbocycles. The van der Waals surface area contributed by atoms with E-state index in [1.54, 1.807) is 12.0 Å². The van der Waals surface area contributed by atoms with Crippen LogP contribution in [-0.4, -0.2) is 51.0 Å². The van der Waals surface area contributed by atoms with Gasteiger partial charge in [-0.3, -0.25) is 9.59 Å². The number of nitrogens with zero attached hydrogens (tertiary/aromatic N) is 1. The number of nitrogens with two attached hydrogens (primary N) is 1. The van der Waals surface area contributed by atoms with Crippen LogP contribution >= 0.6 is 0 Å². The standard InChI is InChI=1S/C19H28N2O5S/c1-13-10-16(11-14(2)19(13)26-3)18(23)15-6-4-8-21(12-15)17(22)7-5-9-27(20,24)25/h10-11,15H,4-9,12H2,1-3H3,(H2,20,24,25)/t15-/m0/s1. The Balaban J connectivity index is 2.03. The third kappa shape index (κ3) is 5.77. The molecule has 0 aromatic heterocycles. The highest BCUT2D eigenvalue weighted by Gasteiger charge is 2.29. The quantitative estimate of drug-likeness (QED) is 0.707. The summed E-state index contributed by atoms with van der Waals surface area (Å²) >= 11 is 0.